The molecule has 1 fully saturated rings. The first kappa shape index (κ1) is 25.5. The van der Waals surface area contributed by atoms with Crippen molar-refractivity contribution in [3.63, 3.8) is 0 Å². The molecule has 1 aromatic carbocycles. The highest BCUT2D eigenvalue weighted by molar-refractivity contribution is 5.96. The number of aromatic nitrogens is 4. The van der Waals surface area contributed by atoms with E-state index >= 15 is 4.39 Å². The number of carbonyl (C=O) groups excluding carboxylic acids is 1. The molecule has 0 spiro atoms. The molecular formula is C26H25F3N6O3. The number of rotatable bonds is 7. The van der Waals surface area contributed by atoms with Crippen molar-refractivity contribution in [2.75, 3.05) is 32.6 Å². The molecule has 4 aromatic rings. The summed E-state index contributed by atoms with van der Waals surface area (Å²) in [6, 6.07) is 3.98. The van der Waals surface area contributed by atoms with Gasteiger partial charge in [-0.05, 0) is 30.7 Å². The Balaban J connectivity index is 1.70. The van der Waals surface area contributed by atoms with Crippen molar-refractivity contribution in [1.29, 1.82) is 0 Å². The molecule has 4 heterocycles. The molecule has 0 aliphatic carbocycles. The van der Waals surface area contributed by atoms with Gasteiger partial charge in [0, 0.05) is 55.2 Å². The lowest BCUT2D eigenvalue weighted by Gasteiger charge is -2.16. The molecule has 3 aromatic heterocycles. The molecule has 1 amide bonds. The van der Waals surface area contributed by atoms with Crippen molar-refractivity contribution in [1.82, 2.24) is 24.9 Å². The first-order valence-corrected chi connectivity index (χ1v) is 11.9. The largest absolute Gasteiger partial charge is 0.471 e. The molecule has 1 unspecified atom stereocenters. The maximum absolute atomic E-state index is 15.3. The molecule has 1 aliphatic heterocycles. The number of pyridine rings is 1. The minimum atomic E-state index is -3.13. The zero-order valence-corrected chi connectivity index (χ0v) is 20.9. The zero-order valence-electron chi connectivity index (χ0n) is 20.9. The predicted molar refractivity (Wildman–Crippen MR) is 134 cm³/mol. The molecule has 198 valence electrons. The maximum atomic E-state index is 15.3. The average Bonchev–Trinajstić information content (AvgIpc) is 3.57. The number of fused-ring (bicyclic) bond motifs is 1. The second-order valence-corrected chi connectivity index (χ2v) is 8.84. The molecule has 0 bridgehead atoms. The van der Waals surface area contributed by atoms with Gasteiger partial charge in [-0.25, -0.2) is 22.7 Å². The monoisotopic (exact) mass is 526 g/mol. The molecule has 12 heteroatoms. The number of aryl methyl sites for hydroxylation is 1. The lowest BCUT2D eigenvalue weighted by atomic mass is 10.00. The van der Waals surface area contributed by atoms with Gasteiger partial charge < -0.3 is 20.1 Å². The average molecular weight is 527 g/mol. The van der Waals surface area contributed by atoms with Gasteiger partial charge in [-0.1, -0.05) is 0 Å². The van der Waals surface area contributed by atoms with E-state index < -0.39 is 23.7 Å². The van der Waals surface area contributed by atoms with Crippen LogP contribution in [0, 0.1) is 12.7 Å². The van der Waals surface area contributed by atoms with Crippen LogP contribution in [0.5, 0.6) is 5.88 Å². The first-order valence-electron chi connectivity index (χ1n) is 11.9. The van der Waals surface area contributed by atoms with Crippen molar-refractivity contribution in [2.24, 2.45) is 0 Å². The molecule has 5 rings (SSSR count). The Morgan fingerprint density at radius 1 is 1.18 bits per heavy atom. The molecule has 2 N–H and O–H groups in total. The van der Waals surface area contributed by atoms with Crippen LogP contribution in [0.15, 0.2) is 36.8 Å². The van der Waals surface area contributed by atoms with Crippen LogP contribution in [0.2, 0.25) is 0 Å². The number of carbonyl (C=O) groups is 1. The van der Waals surface area contributed by atoms with Crippen LogP contribution in [-0.2, 0) is 4.74 Å². The smallest absolute Gasteiger partial charge is 0.266 e. The quantitative estimate of drug-likeness (QED) is 0.368. The Morgan fingerprint density at radius 2 is 2.00 bits per heavy atom. The Kier molecular flexibility index (Phi) is 6.89. The van der Waals surface area contributed by atoms with E-state index in [1.807, 2.05) is 13.0 Å². The van der Waals surface area contributed by atoms with E-state index in [1.165, 1.54) is 23.8 Å². The number of anilines is 1. The van der Waals surface area contributed by atoms with E-state index in [0.29, 0.717) is 25.2 Å². The summed E-state index contributed by atoms with van der Waals surface area (Å²) >= 11 is 0. The minimum Gasteiger partial charge on any atom is -0.471 e. The summed E-state index contributed by atoms with van der Waals surface area (Å²) in [5.74, 6) is -0.817. The van der Waals surface area contributed by atoms with Gasteiger partial charge in [-0.2, -0.15) is 10.1 Å². The number of amides is 1. The second-order valence-electron chi connectivity index (χ2n) is 8.84. The standard InChI is InChI=1S/C26H25F3N6O3/c1-13-6-15(9-32-23(13)30-2)20-11-35-24(34-26(20)38-16-4-5-37-12-16)19(10-33-35)17-7-14(25(36)31-3)8-18(21(17)27)22(28)29/h6-11,16,22H,4-5,12H2,1-3H3,(H,30,32)(H,31,36). The van der Waals surface area contributed by atoms with Crippen molar-refractivity contribution in [2.45, 2.75) is 25.9 Å². The third kappa shape index (κ3) is 4.62. The fraction of sp³-hybridized carbons (Fsp3) is 0.308. The summed E-state index contributed by atoms with van der Waals surface area (Å²) in [7, 11) is 3.14. The number of alkyl halides is 2. The van der Waals surface area contributed by atoms with Crippen molar-refractivity contribution in [3.05, 3.63) is 59.3 Å². The Bertz CT molecular complexity index is 1520. The van der Waals surface area contributed by atoms with Gasteiger partial charge in [0.1, 0.15) is 17.7 Å². The number of benzene rings is 1. The third-order valence-electron chi connectivity index (χ3n) is 6.37. The van der Waals surface area contributed by atoms with E-state index in [9.17, 15) is 13.6 Å². The lowest BCUT2D eigenvalue weighted by Crippen LogP contribution is -2.18. The minimum absolute atomic E-state index is 0.110. The molecule has 0 radical (unpaired) electrons. The van der Waals surface area contributed by atoms with Gasteiger partial charge in [-0.3, -0.25) is 4.79 Å². The van der Waals surface area contributed by atoms with Crippen LogP contribution < -0.4 is 15.4 Å². The highest BCUT2D eigenvalue weighted by atomic mass is 19.3. The lowest BCUT2D eigenvalue weighted by molar-refractivity contribution is 0.0962. The first-order chi connectivity index (χ1) is 18.3. The summed E-state index contributed by atoms with van der Waals surface area (Å²) in [5.41, 5.74) is 1.29. The molecule has 1 aliphatic rings. The van der Waals surface area contributed by atoms with Crippen molar-refractivity contribution >= 4 is 17.4 Å². The topological polar surface area (TPSA) is 103 Å². The maximum Gasteiger partial charge on any atom is 0.266 e. The number of ether oxygens (including phenoxy) is 2. The predicted octanol–water partition coefficient (Wildman–Crippen LogP) is 4.41. The SMILES string of the molecule is CNC(=O)c1cc(-c2cnn3cc(-c4cnc(NC)c(C)c4)c(OC4CCOC4)nc23)c(F)c(C(F)F)c1. The second kappa shape index (κ2) is 10.3. The fourth-order valence-corrected chi connectivity index (χ4v) is 4.40. The summed E-state index contributed by atoms with van der Waals surface area (Å²) in [5, 5.41) is 9.71. The van der Waals surface area contributed by atoms with Crippen molar-refractivity contribution < 1.29 is 27.4 Å². The Morgan fingerprint density at radius 3 is 2.66 bits per heavy atom. The summed E-state index contributed by atoms with van der Waals surface area (Å²) in [6.45, 7) is 2.84. The summed E-state index contributed by atoms with van der Waals surface area (Å²) in [6.07, 6.45) is 1.95. The van der Waals surface area contributed by atoms with Crippen LogP contribution in [0.4, 0.5) is 19.0 Å². The van der Waals surface area contributed by atoms with Gasteiger partial charge in [-0.15, -0.1) is 0 Å². The van der Waals surface area contributed by atoms with Crippen LogP contribution in [0.25, 0.3) is 27.9 Å². The Hall–Kier alpha value is -4.19. The van der Waals surface area contributed by atoms with E-state index in [2.05, 4.69) is 25.7 Å². The molecular weight excluding hydrogens is 501 g/mol. The molecule has 1 atom stereocenters. The van der Waals surface area contributed by atoms with E-state index in [0.717, 1.165) is 23.0 Å². The van der Waals surface area contributed by atoms with Gasteiger partial charge >= 0.3 is 0 Å². The molecule has 1 saturated heterocycles. The van der Waals surface area contributed by atoms with E-state index in [-0.39, 0.29) is 34.3 Å². The van der Waals surface area contributed by atoms with Crippen LogP contribution in [0.1, 0.15) is 34.3 Å². The zero-order chi connectivity index (χ0) is 27.0. The van der Waals surface area contributed by atoms with Crippen LogP contribution in [0.3, 0.4) is 0 Å². The van der Waals surface area contributed by atoms with Crippen molar-refractivity contribution in [3.8, 4) is 28.1 Å². The van der Waals surface area contributed by atoms with Gasteiger partial charge in [0.05, 0.1) is 30.5 Å². The summed E-state index contributed by atoms with van der Waals surface area (Å²) in [4.78, 5) is 21.4. The van der Waals surface area contributed by atoms with Crippen LogP contribution in [-0.4, -0.2) is 58.9 Å². The molecule has 9 nitrogen and oxygen atoms in total. The van der Waals surface area contributed by atoms with Gasteiger partial charge in [0.15, 0.2) is 5.65 Å². The number of hydrogen-bond acceptors (Lipinski definition) is 7. The normalized spacial score (nSPS) is 15.3. The number of nitrogens with zero attached hydrogens (tertiary/aromatic N) is 4. The van der Waals surface area contributed by atoms with Crippen LogP contribution >= 0.6 is 0 Å². The number of nitrogens with one attached hydrogen (secondary N) is 2. The summed E-state index contributed by atoms with van der Waals surface area (Å²) < 4.78 is 55.7. The van der Waals surface area contributed by atoms with E-state index in [1.54, 1.807) is 19.4 Å². The highest BCUT2D eigenvalue weighted by Gasteiger charge is 2.26. The molecule has 0 saturated carbocycles. The number of hydrogen-bond donors (Lipinski definition) is 2. The highest BCUT2D eigenvalue weighted by Crippen LogP contribution is 2.37. The van der Waals surface area contributed by atoms with E-state index in [4.69, 9.17) is 9.47 Å². The van der Waals surface area contributed by atoms with Gasteiger partial charge in [0.25, 0.3) is 12.3 Å². The molecule has 38 heavy (non-hydrogen) atoms. The fourth-order valence-electron chi connectivity index (χ4n) is 4.40. The third-order valence-corrected chi connectivity index (χ3v) is 6.37. The Labute approximate surface area is 216 Å². The van der Waals surface area contributed by atoms with Gasteiger partial charge in [0.2, 0.25) is 5.88 Å². The number of halogens is 3.